The van der Waals surface area contributed by atoms with Gasteiger partial charge in [0.1, 0.15) is 0 Å². The van der Waals surface area contributed by atoms with Gasteiger partial charge in [0.05, 0.1) is 0 Å². The van der Waals surface area contributed by atoms with Crippen LogP contribution in [0.1, 0.15) is 42.1 Å². The van der Waals surface area contributed by atoms with E-state index in [0.717, 1.165) is 18.4 Å². The minimum Gasteiger partial charge on any atom is -0.396 e. The monoisotopic (exact) mass is 277 g/mol. The zero-order chi connectivity index (χ0) is 15.0. The van der Waals surface area contributed by atoms with Crippen LogP contribution in [0.3, 0.4) is 0 Å². The topological polar surface area (TPSA) is 66.4 Å². The molecular formula is C16H23NO3. The van der Waals surface area contributed by atoms with Crippen LogP contribution in [0.25, 0.3) is 0 Å². The molecule has 0 radical (unpaired) electrons. The Morgan fingerprint density at radius 3 is 2.40 bits per heavy atom. The van der Waals surface area contributed by atoms with Crippen molar-refractivity contribution in [2.45, 2.75) is 33.1 Å². The number of hydrogen-bond donors (Lipinski definition) is 2. The van der Waals surface area contributed by atoms with Crippen molar-refractivity contribution in [2.24, 2.45) is 5.92 Å². The molecule has 110 valence electrons. The highest BCUT2D eigenvalue weighted by Gasteiger charge is 2.17. The van der Waals surface area contributed by atoms with Gasteiger partial charge in [0.25, 0.3) is 5.91 Å². The van der Waals surface area contributed by atoms with Gasteiger partial charge in [0, 0.05) is 18.7 Å². The molecule has 1 atom stereocenters. The van der Waals surface area contributed by atoms with E-state index in [0.29, 0.717) is 18.5 Å². The van der Waals surface area contributed by atoms with E-state index in [1.807, 2.05) is 19.1 Å². The Kier molecular flexibility index (Phi) is 6.94. The lowest BCUT2D eigenvalue weighted by molar-refractivity contribution is -0.117. The van der Waals surface area contributed by atoms with Gasteiger partial charge in [-0.05, 0) is 25.7 Å². The predicted molar refractivity (Wildman–Crippen MR) is 78.6 cm³/mol. The van der Waals surface area contributed by atoms with Gasteiger partial charge >= 0.3 is 0 Å². The number of amides is 1. The Balaban J connectivity index is 2.53. The fraction of sp³-hybridized carbons (Fsp3) is 0.500. The fourth-order valence-electron chi connectivity index (χ4n) is 2.09. The van der Waals surface area contributed by atoms with Crippen molar-refractivity contribution in [1.82, 2.24) is 5.32 Å². The number of carbonyl (C=O) groups is 2. The minimum atomic E-state index is -0.576. The first-order valence-corrected chi connectivity index (χ1v) is 7.08. The van der Waals surface area contributed by atoms with Crippen molar-refractivity contribution in [3.05, 3.63) is 35.4 Å². The number of carbonyl (C=O) groups excluding carboxylic acids is 2. The lowest BCUT2D eigenvalue weighted by Gasteiger charge is -2.15. The molecule has 0 aliphatic carbocycles. The van der Waals surface area contributed by atoms with Gasteiger partial charge in [-0.3, -0.25) is 9.59 Å². The molecule has 0 saturated heterocycles. The highest BCUT2D eigenvalue weighted by atomic mass is 16.3. The number of ketones is 1. The summed E-state index contributed by atoms with van der Waals surface area (Å²) in [5, 5.41) is 11.6. The molecule has 0 heterocycles. The zero-order valence-electron chi connectivity index (χ0n) is 12.2. The Bertz CT molecular complexity index is 434. The number of aliphatic hydroxyl groups is 1. The second-order valence-electron chi connectivity index (χ2n) is 5.07. The van der Waals surface area contributed by atoms with Crippen LogP contribution < -0.4 is 5.32 Å². The fourth-order valence-corrected chi connectivity index (χ4v) is 2.09. The molecule has 1 aromatic carbocycles. The predicted octanol–water partition coefficient (Wildman–Crippen LogP) is 2.09. The van der Waals surface area contributed by atoms with E-state index in [1.165, 1.54) is 0 Å². The largest absolute Gasteiger partial charge is 0.396 e. The first kappa shape index (κ1) is 16.4. The summed E-state index contributed by atoms with van der Waals surface area (Å²) in [5.41, 5.74) is 1.45. The molecule has 20 heavy (non-hydrogen) atoms. The Labute approximate surface area is 120 Å². The van der Waals surface area contributed by atoms with Gasteiger partial charge in [-0.2, -0.15) is 0 Å². The molecule has 0 saturated carbocycles. The van der Waals surface area contributed by atoms with Crippen molar-refractivity contribution in [3.8, 4) is 0 Å². The average molecular weight is 277 g/mol. The number of hydrogen-bond acceptors (Lipinski definition) is 3. The summed E-state index contributed by atoms with van der Waals surface area (Å²) in [6, 6.07) is 6.95. The first-order valence-electron chi connectivity index (χ1n) is 7.08. The summed E-state index contributed by atoms with van der Waals surface area (Å²) in [4.78, 5) is 23.7. The van der Waals surface area contributed by atoms with Gasteiger partial charge < -0.3 is 10.4 Å². The van der Waals surface area contributed by atoms with Crippen molar-refractivity contribution < 1.29 is 14.7 Å². The van der Waals surface area contributed by atoms with Crippen LogP contribution in [-0.2, 0) is 4.79 Å². The van der Waals surface area contributed by atoms with E-state index >= 15 is 0 Å². The standard InChI is InChI=1S/C16H23NO3/c1-3-4-13(9-10-18)11-17-16(20)15(19)14-7-5-12(2)6-8-14/h5-8,13,18H,3-4,9-11H2,1-2H3,(H,17,20). The van der Waals surface area contributed by atoms with Crippen molar-refractivity contribution in [3.63, 3.8) is 0 Å². The SMILES string of the molecule is CCCC(CCO)CNC(=O)C(=O)c1ccc(C)cc1. The van der Waals surface area contributed by atoms with Crippen LogP contribution in [0.2, 0.25) is 0 Å². The van der Waals surface area contributed by atoms with Crippen molar-refractivity contribution >= 4 is 11.7 Å². The Morgan fingerprint density at radius 1 is 1.20 bits per heavy atom. The van der Waals surface area contributed by atoms with E-state index in [2.05, 4.69) is 12.2 Å². The molecule has 4 heteroatoms. The maximum absolute atomic E-state index is 11.9. The number of Topliss-reactive ketones (excluding diaryl/α,β-unsaturated/α-hetero) is 1. The van der Waals surface area contributed by atoms with E-state index in [1.54, 1.807) is 12.1 Å². The van der Waals surface area contributed by atoms with Gasteiger partial charge in [0.2, 0.25) is 5.78 Å². The lowest BCUT2D eigenvalue weighted by Crippen LogP contribution is -2.35. The molecule has 0 bridgehead atoms. The summed E-state index contributed by atoms with van der Waals surface area (Å²) in [7, 11) is 0. The zero-order valence-corrected chi connectivity index (χ0v) is 12.2. The molecule has 0 aromatic heterocycles. The molecule has 1 rings (SSSR count). The lowest BCUT2D eigenvalue weighted by atomic mass is 10.00. The third-order valence-corrected chi connectivity index (χ3v) is 3.31. The molecule has 1 amide bonds. The van der Waals surface area contributed by atoms with Crippen molar-refractivity contribution in [1.29, 1.82) is 0 Å². The molecular weight excluding hydrogens is 254 g/mol. The van der Waals surface area contributed by atoms with Crippen LogP contribution in [-0.4, -0.2) is 29.9 Å². The van der Waals surface area contributed by atoms with Crippen LogP contribution in [0.5, 0.6) is 0 Å². The van der Waals surface area contributed by atoms with Gasteiger partial charge in [-0.1, -0.05) is 43.2 Å². The number of aliphatic hydroxyl groups excluding tert-OH is 1. The quantitative estimate of drug-likeness (QED) is 0.565. The molecule has 0 aliphatic rings. The van der Waals surface area contributed by atoms with Crippen LogP contribution >= 0.6 is 0 Å². The number of nitrogens with one attached hydrogen (secondary N) is 1. The maximum atomic E-state index is 11.9. The molecule has 2 N–H and O–H groups in total. The van der Waals surface area contributed by atoms with E-state index in [4.69, 9.17) is 5.11 Å². The van der Waals surface area contributed by atoms with Crippen molar-refractivity contribution in [2.75, 3.05) is 13.2 Å². The Hall–Kier alpha value is -1.68. The van der Waals surface area contributed by atoms with E-state index in [9.17, 15) is 9.59 Å². The van der Waals surface area contributed by atoms with Gasteiger partial charge in [0.15, 0.2) is 0 Å². The van der Waals surface area contributed by atoms with Crippen LogP contribution in [0.4, 0.5) is 0 Å². The third-order valence-electron chi connectivity index (χ3n) is 3.31. The normalized spacial score (nSPS) is 11.9. The molecule has 0 spiro atoms. The summed E-state index contributed by atoms with van der Waals surface area (Å²) in [6.07, 6.45) is 2.57. The highest BCUT2D eigenvalue weighted by Crippen LogP contribution is 2.10. The van der Waals surface area contributed by atoms with Gasteiger partial charge in [-0.25, -0.2) is 0 Å². The molecule has 1 aromatic rings. The van der Waals surface area contributed by atoms with E-state index < -0.39 is 11.7 Å². The number of rotatable bonds is 8. The maximum Gasteiger partial charge on any atom is 0.292 e. The smallest absolute Gasteiger partial charge is 0.292 e. The highest BCUT2D eigenvalue weighted by molar-refractivity contribution is 6.42. The molecule has 0 fully saturated rings. The summed E-state index contributed by atoms with van der Waals surface area (Å²) >= 11 is 0. The molecule has 4 nitrogen and oxygen atoms in total. The van der Waals surface area contributed by atoms with Crippen LogP contribution in [0.15, 0.2) is 24.3 Å². The molecule has 0 aliphatic heterocycles. The summed E-state index contributed by atoms with van der Waals surface area (Å²) in [5.74, 6) is -0.864. The second-order valence-corrected chi connectivity index (χ2v) is 5.07. The Morgan fingerprint density at radius 2 is 1.85 bits per heavy atom. The minimum absolute atomic E-state index is 0.104. The summed E-state index contributed by atoms with van der Waals surface area (Å²) in [6.45, 7) is 4.53. The van der Waals surface area contributed by atoms with Crippen LogP contribution in [0, 0.1) is 12.8 Å². The number of aryl methyl sites for hydroxylation is 1. The number of benzene rings is 1. The summed E-state index contributed by atoms with van der Waals surface area (Å²) < 4.78 is 0. The molecule has 1 unspecified atom stereocenters. The average Bonchev–Trinajstić information content (AvgIpc) is 2.45. The van der Waals surface area contributed by atoms with Gasteiger partial charge in [-0.15, -0.1) is 0 Å². The second kappa shape index (κ2) is 8.48. The van der Waals surface area contributed by atoms with E-state index in [-0.39, 0.29) is 12.5 Å². The third kappa shape index (κ3) is 5.13. The first-order chi connectivity index (χ1) is 9.58.